The Morgan fingerprint density at radius 2 is 1.69 bits per heavy atom. The van der Waals surface area contributed by atoms with Gasteiger partial charge in [-0.2, -0.15) is 0 Å². The van der Waals surface area contributed by atoms with E-state index in [-0.39, 0.29) is 0 Å². The maximum absolute atomic E-state index is 6.02. The number of benzene rings is 1. The van der Waals surface area contributed by atoms with Crippen molar-refractivity contribution in [2.24, 2.45) is 0 Å². The normalized spacial score (nSPS) is 10.3. The summed E-state index contributed by atoms with van der Waals surface area (Å²) in [6.45, 7) is 0. The number of H-pyrrole nitrogens is 1. The van der Waals surface area contributed by atoms with Gasteiger partial charge in [0, 0.05) is 33.6 Å². The molecule has 0 aliphatic heterocycles. The highest BCUT2D eigenvalue weighted by Gasteiger charge is 2.07. The lowest BCUT2D eigenvalue weighted by atomic mass is 10.1. The minimum Gasteiger partial charge on any atom is -0.367 e. The Hall–Kier alpha value is -0.920. The molecule has 0 saturated heterocycles. The van der Waals surface area contributed by atoms with Gasteiger partial charge in [0.2, 0.25) is 0 Å². The lowest BCUT2D eigenvalue weighted by Crippen LogP contribution is -1.77. The zero-order valence-corrected chi connectivity index (χ0v) is 8.23. The van der Waals surface area contributed by atoms with E-state index >= 15 is 0 Å². The quantitative estimate of drug-likeness (QED) is 0.735. The number of aromatic nitrogens is 1. The van der Waals surface area contributed by atoms with E-state index in [1.165, 1.54) is 0 Å². The summed E-state index contributed by atoms with van der Waals surface area (Å²) in [4.78, 5) is 2.97. The van der Waals surface area contributed by atoms with Crippen LogP contribution in [0.25, 0.3) is 11.1 Å². The molecular formula is C10H7Cl2N. The Labute approximate surface area is 86.3 Å². The third kappa shape index (κ3) is 1.58. The lowest BCUT2D eigenvalue weighted by molar-refractivity contribution is 1.41. The van der Waals surface area contributed by atoms with Crippen molar-refractivity contribution in [2.45, 2.75) is 0 Å². The Bertz CT molecular complexity index is 387. The van der Waals surface area contributed by atoms with Crippen LogP contribution in [0.4, 0.5) is 0 Å². The first-order chi connectivity index (χ1) is 6.29. The van der Waals surface area contributed by atoms with Crippen molar-refractivity contribution in [2.75, 3.05) is 0 Å². The Morgan fingerprint density at radius 3 is 2.23 bits per heavy atom. The third-order valence-electron chi connectivity index (χ3n) is 1.85. The van der Waals surface area contributed by atoms with Gasteiger partial charge in [-0.3, -0.25) is 0 Å². The van der Waals surface area contributed by atoms with Crippen LogP contribution in [-0.4, -0.2) is 4.98 Å². The van der Waals surface area contributed by atoms with Crippen LogP contribution < -0.4 is 0 Å². The third-order valence-corrected chi connectivity index (χ3v) is 2.48. The average molecular weight is 212 g/mol. The van der Waals surface area contributed by atoms with Crippen LogP contribution in [0.1, 0.15) is 0 Å². The van der Waals surface area contributed by atoms with Crippen molar-refractivity contribution in [3.8, 4) is 11.1 Å². The van der Waals surface area contributed by atoms with Crippen molar-refractivity contribution < 1.29 is 0 Å². The highest BCUT2D eigenvalue weighted by Crippen LogP contribution is 2.33. The van der Waals surface area contributed by atoms with Gasteiger partial charge in [-0.15, -0.1) is 0 Å². The molecule has 0 fully saturated rings. The van der Waals surface area contributed by atoms with Crippen LogP contribution in [0.2, 0.25) is 10.0 Å². The predicted octanol–water partition coefficient (Wildman–Crippen LogP) is 3.99. The van der Waals surface area contributed by atoms with E-state index in [0.717, 1.165) is 11.1 Å². The molecule has 0 aliphatic rings. The van der Waals surface area contributed by atoms with Gasteiger partial charge in [-0.05, 0) is 18.2 Å². The van der Waals surface area contributed by atoms with Gasteiger partial charge in [0.15, 0.2) is 0 Å². The fraction of sp³-hybridized carbons (Fsp3) is 0. The van der Waals surface area contributed by atoms with Crippen LogP contribution in [0.15, 0.2) is 36.7 Å². The largest absolute Gasteiger partial charge is 0.367 e. The van der Waals surface area contributed by atoms with Gasteiger partial charge in [-0.25, -0.2) is 0 Å². The molecule has 1 aromatic heterocycles. The van der Waals surface area contributed by atoms with Gasteiger partial charge in [0.25, 0.3) is 0 Å². The molecule has 2 rings (SSSR count). The molecule has 1 nitrogen and oxygen atoms in total. The molecule has 2 aromatic rings. The number of halogens is 2. The molecule has 0 unspecified atom stereocenters. The fourth-order valence-electron chi connectivity index (χ4n) is 1.25. The summed E-state index contributed by atoms with van der Waals surface area (Å²) in [7, 11) is 0. The van der Waals surface area contributed by atoms with Crippen LogP contribution >= 0.6 is 23.2 Å². The van der Waals surface area contributed by atoms with Crippen molar-refractivity contribution in [3.63, 3.8) is 0 Å². The average Bonchev–Trinajstić information content (AvgIpc) is 2.57. The summed E-state index contributed by atoms with van der Waals surface area (Å²) in [5, 5.41) is 1.35. The predicted molar refractivity (Wildman–Crippen MR) is 56.2 cm³/mol. The van der Waals surface area contributed by atoms with Crippen molar-refractivity contribution in [1.82, 2.24) is 4.98 Å². The van der Waals surface area contributed by atoms with Gasteiger partial charge in [0.1, 0.15) is 0 Å². The Kier molecular flexibility index (Phi) is 2.30. The van der Waals surface area contributed by atoms with E-state index in [1.54, 1.807) is 0 Å². The smallest absolute Gasteiger partial charge is 0.0499 e. The summed E-state index contributed by atoms with van der Waals surface area (Å²) < 4.78 is 0. The first kappa shape index (κ1) is 8.67. The van der Waals surface area contributed by atoms with E-state index < -0.39 is 0 Å². The van der Waals surface area contributed by atoms with Gasteiger partial charge in [-0.1, -0.05) is 29.3 Å². The minimum atomic E-state index is 0.673. The second kappa shape index (κ2) is 3.44. The van der Waals surface area contributed by atoms with Crippen LogP contribution in [0.3, 0.4) is 0 Å². The molecule has 0 spiro atoms. The lowest BCUT2D eigenvalue weighted by Gasteiger charge is -2.03. The van der Waals surface area contributed by atoms with Crippen molar-refractivity contribution >= 4 is 23.2 Å². The standard InChI is InChI=1S/C10H7Cl2N/c11-8-2-1-3-9(12)10(8)7-4-5-13-6-7/h1-6,13H. The molecule has 0 aliphatic carbocycles. The monoisotopic (exact) mass is 211 g/mol. The number of rotatable bonds is 1. The molecule has 1 aromatic carbocycles. The number of aromatic amines is 1. The van der Waals surface area contributed by atoms with E-state index in [0.29, 0.717) is 10.0 Å². The molecule has 0 saturated carbocycles. The maximum Gasteiger partial charge on any atom is 0.0499 e. The second-order valence-corrected chi connectivity index (χ2v) is 3.51. The summed E-state index contributed by atoms with van der Waals surface area (Å²) in [6.07, 6.45) is 3.71. The van der Waals surface area contributed by atoms with Crippen LogP contribution in [0, 0.1) is 0 Å². The molecule has 1 N–H and O–H groups in total. The highest BCUT2D eigenvalue weighted by atomic mass is 35.5. The molecule has 0 atom stereocenters. The molecule has 3 heteroatoms. The zero-order valence-electron chi connectivity index (χ0n) is 6.72. The van der Waals surface area contributed by atoms with E-state index in [2.05, 4.69) is 4.98 Å². The molecule has 0 amide bonds. The van der Waals surface area contributed by atoms with Gasteiger partial charge < -0.3 is 4.98 Å². The SMILES string of the molecule is Clc1cccc(Cl)c1-c1cc[nH]c1. The maximum atomic E-state index is 6.02. The van der Waals surface area contributed by atoms with Crippen LogP contribution in [-0.2, 0) is 0 Å². The summed E-state index contributed by atoms with van der Waals surface area (Å²) in [5.74, 6) is 0. The topological polar surface area (TPSA) is 15.8 Å². The summed E-state index contributed by atoms with van der Waals surface area (Å²) in [5.41, 5.74) is 1.89. The van der Waals surface area contributed by atoms with Gasteiger partial charge in [0.05, 0.1) is 0 Å². The number of nitrogens with one attached hydrogen (secondary N) is 1. The number of hydrogen-bond acceptors (Lipinski definition) is 0. The molecular weight excluding hydrogens is 205 g/mol. The fourth-order valence-corrected chi connectivity index (χ4v) is 1.87. The van der Waals surface area contributed by atoms with Crippen molar-refractivity contribution in [3.05, 3.63) is 46.7 Å². The molecule has 1 heterocycles. The molecule has 66 valence electrons. The van der Waals surface area contributed by atoms with E-state index in [4.69, 9.17) is 23.2 Å². The Morgan fingerprint density at radius 1 is 1.00 bits per heavy atom. The first-order valence-electron chi connectivity index (χ1n) is 3.86. The first-order valence-corrected chi connectivity index (χ1v) is 4.62. The Balaban J connectivity index is 2.64. The summed E-state index contributed by atoms with van der Waals surface area (Å²) in [6, 6.07) is 7.43. The number of hydrogen-bond donors (Lipinski definition) is 1. The van der Waals surface area contributed by atoms with E-state index in [1.807, 2.05) is 36.7 Å². The molecule has 0 bridgehead atoms. The molecule has 13 heavy (non-hydrogen) atoms. The highest BCUT2D eigenvalue weighted by molar-refractivity contribution is 6.39. The van der Waals surface area contributed by atoms with Gasteiger partial charge >= 0.3 is 0 Å². The molecule has 0 radical (unpaired) electrons. The summed E-state index contributed by atoms with van der Waals surface area (Å²) >= 11 is 12.0. The zero-order chi connectivity index (χ0) is 9.26. The van der Waals surface area contributed by atoms with Crippen molar-refractivity contribution in [1.29, 1.82) is 0 Å². The van der Waals surface area contributed by atoms with Crippen LogP contribution in [0.5, 0.6) is 0 Å². The minimum absolute atomic E-state index is 0.673. The second-order valence-electron chi connectivity index (χ2n) is 2.70. The van der Waals surface area contributed by atoms with E-state index in [9.17, 15) is 0 Å².